The van der Waals surface area contributed by atoms with Crippen molar-refractivity contribution in [1.82, 2.24) is 84.4 Å². The molecule has 0 spiro atoms. The smallest absolute Gasteiger partial charge is 0.311 e. The molecule has 44 nitrogen and oxygen atoms in total. The summed E-state index contributed by atoms with van der Waals surface area (Å²) in [4.78, 5) is 217. The molecular formula is C75H118N26O18. The predicted octanol–water partition coefficient (Wildman–Crippen LogP) is -6.52. The van der Waals surface area contributed by atoms with Gasteiger partial charge in [0, 0.05) is 51.5 Å². The van der Waals surface area contributed by atoms with E-state index in [0.29, 0.717) is 23.2 Å². The number of aromatic nitrogens is 2. The first-order valence-electron chi connectivity index (χ1n) is 39.0. The summed E-state index contributed by atoms with van der Waals surface area (Å²) in [6, 6.07) is -6.64. The van der Waals surface area contributed by atoms with E-state index in [1.807, 2.05) is 0 Å². The molecule has 16 atom stereocenters. The molecule has 0 aliphatic heterocycles. The molecule has 0 saturated heterocycles. The monoisotopic (exact) mass is 1670 g/mol. The molecule has 1 heterocycles. The minimum atomic E-state index is -1.83. The molecule has 119 heavy (non-hydrogen) atoms. The average molecular weight is 1670 g/mol. The number of hydrogen-bond donors (Lipinski definition) is 27. The number of amides is 14. The van der Waals surface area contributed by atoms with Crippen molar-refractivity contribution < 1.29 is 86.9 Å². The number of nitrogens with one attached hydrogen (secondary N) is 18. The number of esters is 1. The van der Waals surface area contributed by atoms with Crippen LogP contribution < -0.4 is 115 Å². The van der Waals surface area contributed by atoms with Crippen LogP contribution in [0.2, 0.25) is 0 Å². The van der Waals surface area contributed by atoms with E-state index in [1.165, 1.54) is 61.1 Å². The fourth-order valence-corrected chi connectivity index (χ4v) is 12.5. The van der Waals surface area contributed by atoms with Crippen LogP contribution in [0, 0.1) is 45.8 Å². The zero-order chi connectivity index (χ0) is 88.9. The summed E-state index contributed by atoms with van der Waals surface area (Å²) in [5.74, 6) is -20.7. The van der Waals surface area contributed by atoms with E-state index in [0.717, 1.165) is 7.11 Å². The SMILES string of the molecule is CC[C@H](C)[C@H](NC(=O)[C@H](CC(C)C)NC(=O)[C@H](CC(N)=O)NC(=O)[C@@H](NC(=O)[C@H](Cc1ccc(O)cc1)NC(=O)[C@H](Cc1c[nH]cn1)NC(=O)[C@@H](N)CCCNC(=N)N)[C@@H](C)CC)C(=O)N[C@H]1[C@@H](C(=O)N[C@@H](CCCNC(=N)N)C(=O)N[C@@H](CCC(N)=O)C(=O)N[C@@H](CCCNC(=N)N)C(=O)N[C@@H](Cc2ccc(O)cc2)C(N)=O)[C@@H]1C(=O)OC. The van der Waals surface area contributed by atoms with Crippen LogP contribution >= 0.6 is 0 Å². The number of primary amides is 3. The molecule has 656 valence electrons. The molecule has 2 aromatic carbocycles. The standard InChI is InChI=1S/C75H118N26O18/c1-8-37(5)57(99-68(114)50(31-40-18-22-43(103)23-19-40)97-65(111)51(32-41-34-86-35-90-41)95-61(107)44(76)13-10-26-87-73(80)81)70(116)98-52(33-54(78)105)66(112)96-49(29-36(3)4)67(113)100-58(38(6)9-2)71(117)101-59-55(56(59)72(118)119-7)69(115)93-46(15-12-28-89-75(84)85)62(108)92-47(24-25-53(77)104)64(110)91-45(14-11-27-88-74(82)83)63(109)94-48(60(79)106)30-39-16-20-42(102)21-17-39/h16-23,34-38,44-52,55-59,102-103H,8-15,24-33,76H2,1-7H3,(H2,77,104)(H2,78,105)(H2,79,106)(H,86,90)(H,91,110)(H,92,108)(H,93,115)(H,94,109)(H,95,107)(H,96,112)(H,97,111)(H,98,116)(H,99,114)(H,100,113)(H,101,117)(H4,80,81,87)(H4,82,83,88)(H4,84,85,89)/t37-,38-,44-,45-,46-,47-,48-,49-,50-,51-,52-,55-,56-,57-,58-,59-/m0/s1. The van der Waals surface area contributed by atoms with Crippen LogP contribution in [-0.4, -0.2) is 226 Å². The van der Waals surface area contributed by atoms with Gasteiger partial charge in [-0.25, -0.2) is 4.98 Å². The second kappa shape index (κ2) is 49.2. The number of ether oxygens (including phenoxy) is 1. The quantitative estimate of drug-likeness (QED) is 0.0108. The van der Waals surface area contributed by atoms with Gasteiger partial charge in [0.2, 0.25) is 82.7 Å². The van der Waals surface area contributed by atoms with Gasteiger partial charge in [0.25, 0.3) is 0 Å². The zero-order valence-corrected chi connectivity index (χ0v) is 67.7. The minimum absolute atomic E-state index is 0.00398. The molecule has 0 unspecified atom stereocenters. The van der Waals surface area contributed by atoms with Crippen LogP contribution in [0.25, 0.3) is 0 Å². The van der Waals surface area contributed by atoms with Gasteiger partial charge in [-0.3, -0.25) is 88.1 Å². The lowest BCUT2D eigenvalue weighted by molar-refractivity contribution is -0.144. The number of nitrogens with two attached hydrogens (primary N) is 7. The van der Waals surface area contributed by atoms with Crippen molar-refractivity contribution in [1.29, 1.82) is 16.2 Å². The van der Waals surface area contributed by atoms with E-state index >= 15 is 0 Å². The maximum atomic E-state index is 14.7. The van der Waals surface area contributed by atoms with Gasteiger partial charge in [0.15, 0.2) is 17.9 Å². The van der Waals surface area contributed by atoms with E-state index in [-0.39, 0.29) is 114 Å². The van der Waals surface area contributed by atoms with Crippen LogP contribution in [0.1, 0.15) is 135 Å². The molecule has 1 saturated carbocycles. The summed E-state index contributed by atoms with van der Waals surface area (Å²) in [5.41, 5.74) is 40.6. The number of hydrogen-bond acceptors (Lipinski definition) is 23. The van der Waals surface area contributed by atoms with Crippen molar-refractivity contribution in [3.05, 3.63) is 77.9 Å². The van der Waals surface area contributed by atoms with E-state index in [9.17, 15) is 82.1 Å². The first-order chi connectivity index (χ1) is 56.2. The summed E-state index contributed by atoms with van der Waals surface area (Å²) in [6.45, 7) is 10.2. The third-order valence-corrected chi connectivity index (χ3v) is 19.6. The fraction of sp³-hybridized carbons (Fsp3) is 0.560. The second-order valence-corrected chi connectivity index (χ2v) is 29.6. The molecule has 4 rings (SSSR count). The van der Waals surface area contributed by atoms with Gasteiger partial charge in [-0.15, -0.1) is 0 Å². The summed E-state index contributed by atoms with van der Waals surface area (Å²) in [6.07, 6.45) is 0.730. The highest BCUT2D eigenvalue weighted by atomic mass is 16.5. The second-order valence-electron chi connectivity index (χ2n) is 29.6. The van der Waals surface area contributed by atoms with Crippen LogP contribution in [0.3, 0.4) is 0 Å². The summed E-state index contributed by atoms with van der Waals surface area (Å²) >= 11 is 0. The number of phenols is 2. The van der Waals surface area contributed by atoms with Gasteiger partial charge < -0.3 is 135 Å². The summed E-state index contributed by atoms with van der Waals surface area (Å²) < 4.78 is 5.03. The van der Waals surface area contributed by atoms with Crippen molar-refractivity contribution in [3.63, 3.8) is 0 Å². The highest BCUT2D eigenvalue weighted by molar-refractivity contribution is 6.01. The lowest BCUT2D eigenvalue weighted by atomic mass is 9.96. The molecule has 3 aromatic rings. The summed E-state index contributed by atoms with van der Waals surface area (Å²) in [5, 5.41) is 78.7. The molecule has 1 aliphatic carbocycles. The van der Waals surface area contributed by atoms with E-state index < -0.39 is 216 Å². The first-order valence-corrected chi connectivity index (χ1v) is 39.0. The van der Waals surface area contributed by atoms with Gasteiger partial charge in [0.1, 0.15) is 71.9 Å². The van der Waals surface area contributed by atoms with Crippen molar-refractivity contribution in [2.24, 2.45) is 69.7 Å². The number of guanidine groups is 3. The Morgan fingerprint density at radius 1 is 0.471 bits per heavy atom. The number of H-pyrrole nitrogens is 1. The van der Waals surface area contributed by atoms with Crippen LogP contribution in [0.15, 0.2) is 61.1 Å². The Bertz CT molecular complexity index is 4000. The number of aromatic amines is 1. The topological polar surface area (TPSA) is 757 Å². The Morgan fingerprint density at radius 3 is 1.33 bits per heavy atom. The highest BCUT2D eigenvalue weighted by Gasteiger charge is 2.61. The van der Waals surface area contributed by atoms with Crippen molar-refractivity contribution >= 4 is 107 Å². The van der Waals surface area contributed by atoms with Crippen LogP contribution in [0.4, 0.5) is 0 Å². The maximum absolute atomic E-state index is 14.7. The number of imidazole rings is 1. The number of carbonyl (C=O) groups excluding carboxylic acids is 15. The average Bonchev–Trinajstić information content (AvgIpc) is 1.59. The van der Waals surface area contributed by atoms with Crippen molar-refractivity contribution in [2.75, 3.05) is 26.7 Å². The van der Waals surface area contributed by atoms with Gasteiger partial charge in [-0.1, -0.05) is 78.6 Å². The fourth-order valence-electron chi connectivity index (χ4n) is 12.5. The molecule has 44 heteroatoms. The van der Waals surface area contributed by atoms with Crippen molar-refractivity contribution in [3.8, 4) is 11.5 Å². The molecule has 0 radical (unpaired) electrons. The minimum Gasteiger partial charge on any atom is -0.508 e. The third-order valence-electron chi connectivity index (χ3n) is 19.6. The molecular weight excluding hydrogens is 1550 g/mol. The Balaban J connectivity index is 1.61. The largest absolute Gasteiger partial charge is 0.508 e. The molecule has 34 N–H and O–H groups in total. The number of methoxy groups -OCH3 is 1. The number of nitrogens with zero attached hydrogens (tertiary/aromatic N) is 1. The number of aromatic hydroxyl groups is 2. The zero-order valence-electron chi connectivity index (χ0n) is 67.7. The van der Waals surface area contributed by atoms with E-state index in [1.54, 1.807) is 41.5 Å². The highest BCUT2D eigenvalue weighted by Crippen LogP contribution is 2.41. The van der Waals surface area contributed by atoms with Crippen LogP contribution in [0.5, 0.6) is 11.5 Å². The van der Waals surface area contributed by atoms with E-state index in [4.69, 9.17) is 61.1 Å². The molecule has 1 fully saturated rings. The van der Waals surface area contributed by atoms with E-state index in [2.05, 4.69) is 84.4 Å². The molecule has 0 bridgehead atoms. The molecule has 1 aliphatic rings. The number of benzene rings is 2. The predicted molar refractivity (Wildman–Crippen MR) is 431 cm³/mol. The van der Waals surface area contributed by atoms with Gasteiger partial charge in [-0.05, 0) is 105 Å². The lowest BCUT2D eigenvalue weighted by Gasteiger charge is -2.30. The number of rotatable bonds is 53. The van der Waals surface area contributed by atoms with Crippen molar-refractivity contribution in [2.45, 2.75) is 210 Å². The summed E-state index contributed by atoms with van der Waals surface area (Å²) in [7, 11) is 1.01. The van der Waals surface area contributed by atoms with Gasteiger partial charge in [-0.2, -0.15) is 0 Å². The van der Waals surface area contributed by atoms with Crippen LogP contribution in [-0.2, 0) is 95.9 Å². The Hall–Kier alpha value is -12.9. The lowest BCUT2D eigenvalue weighted by Crippen LogP contribution is -2.62. The van der Waals surface area contributed by atoms with Gasteiger partial charge >= 0.3 is 5.97 Å². The Kier molecular flexibility index (Phi) is 40.7. The Labute approximate surface area is 687 Å². The number of phenolic OH excluding ortho intramolecular Hbond substituents is 2. The Morgan fingerprint density at radius 2 is 0.874 bits per heavy atom. The molecule has 14 amide bonds. The first kappa shape index (κ1) is 98.4. The molecule has 1 aromatic heterocycles. The third kappa shape index (κ3) is 34.4. The van der Waals surface area contributed by atoms with Gasteiger partial charge in [0.05, 0.1) is 49.5 Å². The normalized spacial score (nSPS) is 16.6. The maximum Gasteiger partial charge on any atom is 0.311 e. The number of carbonyl (C=O) groups is 15.